The maximum absolute atomic E-state index is 6.33. The third-order valence-electron chi connectivity index (χ3n) is 11.0. The Balaban J connectivity index is 1.14. The number of hydrogen-bond donors (Lipinski definition) is 0. The third kappa shape index (κ3) is 5.92. The maximum atomic E-state index is 6.33. The minimum absolute atomic E-state index is 0.382. The van der Waals surface area contributed by atoms with Crippen LogP contribution in [0, 0.1) is 0 Å². The zero-order chi connectivity index (χ0) is 36.2. The maximum Gasteiger partial charge on any atom is 0.494 e. The summed E-state index contributed by atoms with van der Waals surface area (Å²) in [4.78, 5) is 2.37. The topological polar surface area (TPSA) is 26.6 Å². The second-order valence-corrected chi connectivity index (χ2v) is 14.9. The Bertz CT molecular complexity index is 2540. The molecule has 53 heavy (non-hydrogen) atoms. The van der Waals surface area contributed by atoms with E-state index < -0.39 is 7.12 Å². The monoisotopic (exact) mass is 688 g/mol. The van der Waals surface area contributed by atoms with Gasteiger partial charge in [-0.2, -0.15) is 0 Å². The van der Waals surface area contributed by atoms with Crippen molar-refractivity contribution in [1.29, 1.82) is 0 Å². The first-order chi connectivity index (χ1) is 25.8. The number of hydrogen-bond acceptors (Lipinski definition) is 3. The predicted octanol–water partition coefficient (Wildman–Crippen LogP) is 11.9. The number of anilines is 3. The summed E-state index contributed by atoms with van der Waals surface area (Å²) in [6.45, 7) is 8.36. The van der Waals surface area contributed by atoms with E-state index in [9.17, 15) is 0 Å². The van der Waals surface area contributed by atoms with E-state index in [1.807, 2.05) is 0 Å². The highest BCUT2D eigenvalue weighted by Crippen LogP contribution is 2.41. The fourth-order valence-electron chi connectivity index (χ4n) is 7.47. The molecular formula is C48H41BN2O2. The average Bonchev–Trinajstić information content (AvgIpc) is 3.64. The number of rotatable bonds is 7. The number of aromatic nitrogens is 1. The smallest absolute Gasteiger partial charge is 0.399 e. The van der Waals surface area contributed by atoms with Gasteiger partial charge in [0.15, 0.2) is 0 Å². The van der Waals surface area contributed by atoms with Crippen LogP contribution in [0.4, 0.5) is 17.1 Å². The summed E-state index contributed by atoms with van der Waals surface area (Å²) in [6.07, 6.45) is 0. The molecule has 0 saturated carbocycles. The summed E-state index contributed by atoms with van der Waals surface area (Å²) in [5.41, 5.74) is 11.7. The van der Waals surface area contributed by atoms with Gasteiger partial charge in [-0.25, -0.2) is 0 Å². The van der Waals surface area contributed by atoms with Crippen molar-refractivity contribution < 1.29 is 9.31 Å². The summed E-state index contributed by atoms with van der Waals surface area (Å²) in [6, 6.07) is 63.0. The van der Waals surface area contributed by atoms with Crippen LogP contribution in [0.1, 0.15) is 27.7 Å². The van der Waals surface area contributed by atoms with Gasteiger partial charge in [0.2, 0.25) is 0 Å². The Kier molecular flexibility index (Phi) is 8.07. The van der Waals surface area contributed by atoms with Crippen molar-refractivity contribution >= 4 is 51.4 Å². The molecule has 2 heterocycles. The fourth-order valence-corrected chi connectivity index (χ4v) is 7.47. The minimum Gasteiger partial charge on any atom is -0.399 e. The molecule has 0 unspecified atom stereocenters. The van der Waals surface area contributed by atoms with E-state index in [1.54, 1.807) is 0 Å². The van der Waals surface area contributed by atoms with Crippen LogP contribution in [0.15, 0.2) is 176 Å². The molecule has 7 aromatic carbocycles. The highest BCUT2D eigenvalue weighted by atomic mass is 16.7. The van der Waals surface area contributed by atoms with Crippen LogP contribution in [0.2, 0.25) is 0 Å². The molecule has 5 heteroatoms. The van der Waals surface area contributed by atoms with E-state index in [2.05, 4.69) is 213 Å². The normalized spacial score (nSPS) is 14.9. The van der Waals surface area contributed by atoms with Crippen LogP contribution in [-0.4, -0.2) is 22.9 Å². The number of para-hydroxylation sites is 2. The molecule has 0 spiro atoms. The van der Waals surface area contributed by atoms with Gasteiger partial charge >= 0.3 is 7.12 Å². The van der Waals surface area contributed by atoms with Crippen LogP contribution in [0.25, 0.3) is 49.7 Å². The number of nitrogens with zero attached hydrogens (tertiary/aromatic N) is 2. The quantitative estimate of drug-likeness (QED) is 0.156. The van der Waals surface area contributed by atoms with Crippen LogP contribution in [0.3, 0.4) is 0 Å². The van der Waals surface area contributed by atoms with Gasteiger partial charge in [0.05, 0.1) is 22.2 Å². The van der Waals surface area contributed by atoms with E-state index >= 15 is 0 Å². The lowest BCUT2D eigenvalue weighted by molar-refractivity contribution is 0.00578. The van der Waals surface area contributed by atoms with Gasteiger partial charge in [-0.05, 0) is 116 Å². The Hall–Kier alpha value is -5.88. The molecule has 1 aromatic heterocycles. The lowest BCUT2D eigenvalue weighted by Gasteiger charge is -2.32. The van der Waals surface area contributed by atoms with Crippen molar-refractivity contribution in [1.82, 2.24) is 4.57 Å². The molecule has 8 aromatic rings. The van der Waals surface area contributed by atoms with Gasteiger partial charge in [0, 0.05) is 33.5 Å². The molecule has 0 N–H and O–H groups in total. The summed E-state index contributed by atoms with van der Waals surface area (Å²) >= 11 is 0. The fraction of sp³-hybridized carbons (Fsp3) is 0.125. The van der Waals surface area contributed by atoms with Gasteiger partial charge in [0.25, 0.3) is 0 Å². The van der Waals surface area contributed by atoms with Crippen molar-refractivity contribution in [3.63, 3.8) is 0 Å². The Labute approximate surface area is 312 Å². The highest BCUT2D eigenvalue weighted by Gasteiger charge is 2.51. The molecule has 1 aliphatic rings. The van der Waals surface area contributed by atoms with Crippen LogP contribution in [-0.2, 0) is 9.31 Å². The molecule has 0 radical (unpaired) electrons. The highest BCUT2D eigenvalue weighted by molar-refractivity contribution is 6.62. The molecule has 0 atom stereocenters. The Morgan fingerprint density at radius 2 is 0.962 bits per heavy atom. The molecule has 258 valence electrons. The van der Waals surface area contributed by atoms with Crippen molar-refractivity contribution in [3.05, 3.63) is 176 Å². The van der Waals surface area contributed by atoms with Crippen molar-refractivity contribution in [2.45, 2.75) is 38.9 Å². The zero-order valence-electron chi connectivity index (χ0n) is 30.5. The summed E-state index contributed by atoms with van der Waals surface area (Å²) in [5, 5.41) is 2.44. The second-order valence-electron chi connectivity index (χ2n) is 14.9. The van der Waals surface area contributed by atoms with Crippen molar-refractivity contribution in [2.24, 2.45) is 0 Å². The van der Waals surface area contributed by atoms with E-state index in [0.29, 0.717) is 0 Å². The average molecular weight is 689 g/mol. The lowest BCUT2D eigenvalue weighted by Crippen LogP contribution is -2.41. The molecule has 9 rings (SSSR count). The molecule has 1 fully saturated rings. The number of fused-ring (bicyclic) bond motifs is 3. The SMILES string of the molecule is CC1(C)OB(c2ccc(-c3cccc(N(c4ccc(-c5ccccc5)cc4)c4ccc5c(c4)c4ccccc4n5-c4ccccc4)c3)cc2)OC1(C)C. The molecule has 1 saturated heterocycles. The largest absolute Gasteiger partial charge is 0.494 e. The van der Waals surface area contributed by atoms with Crippen molar-refractivity contribution in [3.8, 4) is 27.9 Å². The molecule has 0 bridgehead atoms. The van der Waals surface area contributed by atoms with Gasteiger partial charge in [0.1, 0.15) is 0 Å². The van der Waals surface area contributed by atoms with Crippen LogP contribution >= 0.6 is 0 Å². The van der Waals surface area contributed by atoms with E-state index in [0.717, 1.165) is 39.3 Å². The van der Waals surface area contributed by atoms with E-state index in [4.69, 9.17) is 9.31 Å². The van der Waals surface area contributed by atoms with Gasteiger partial charge < -0.3 is 18.8 Å². The molecular weight excluding hydrogens is 647 g/mol. The van der Waals surface area contributed by atoms with E-state index in [-0.39, 0.29) is 11.2 Å². The standard InChI is InChI=1S/C48H41BN2O2/c1-47(2)48(3,4)53-49(52-47)38-26-22-36(23-27-38)37-16-13-19-41(32-37)50(40-28-24-35(25-29-40)34-14-7-5-8-15-34)42-30-31-46-44(33-42)43-20-11-12-21-45(43)51(46)39-17-9-6-10-18-39/h5-33H,1-4H3. The third-order valence-corrected chi connectivity index (χ3v) is 11.0. The first kappa shape index (κ1) is 33.0. The zero-order valence-corrected chi connectivity index (χ0v) is 30.5. The molecule has 0 aliphatic carbocycles. The molecule has 1 aliphatic heterocycles. The molecule has 0 amide bonds. The second kappa shape index (κ2) is 13.0. The summed E-state index contributed by atoms with van der Waals surface area (Å²) < 4.78 is 15.0. The number of benzene rings is 7. The Morgan fingerprint density at radius 1 is 0.434 bits per heavy atom. The van der Waals surface area contributed by atoms with Crippen molar-refractivity contribution in [2.75, 3.05) is 4.90 Å². The Morgan fingerprint density at radius 3 is 1.68 bits per heavy atom. The summed E-state index contributed by atoms with van der Waals surface area (Å²) in [7, 11) is -0.391. The van der Waals surface area contributed by atoms with Crippen LogP contribution in [0.5, 0.6) is 0 Å². The van der Waals surface area contributed by atoms with Crippen LogP contribution < -0.4 is 10.4 Å². The first-order valence-electron chi connectivity index (χ1n) is 18.4. The first-order valence-corrected chi connectivity index (χ1v) is 18.4. The lowest BCUT2D eigenvalue weighted by atomic mass is 9.78. The summed E-state index contributed by atoms with van der Waals surface area (Å²) in [5.74, 6) is 0. The molecule has 4 nitrogen and oxygen atoms in total. The van der Waals surface area contributed by atoms with E-state index in [1.165, 1.54) is 32.9 Å². The van der Waals surface area contributed by atoms with Gasteiger partial charge in [-0.1, -0.05) is 115 Å². The minimum atomic E-state index is -0.391. The van der Waals surface area contributed by atoms with Gasteiger partial charge in [-0.3, -0.25) is 0 Å². The van der Waals surface area contributed by atoms with Gasteiger partial charge in [-0.15, -0.1) is 0 Å². The predicted molar refractivity (Wildman–Crippen MR) is 222 cm³/mol.